The molecular weight excluding hydrogens is 345 g/mol. The number of rotatable bonds is 6. The first-order valence-corrected chi connectivity index (χ1v) is 8.40. The van der Waals surface area contributed by atoms with Crippen LogP contribution in [-0.4, -0.2) is 51.1 Å². The molecule has 1 atom stereocenters. The smallest absolute Gasteiger partial charge is 0.253 e. The molecule has 0 aromatic heterocycles. The van der Waals surface area contributed by atoms with Gasteiger partial charge in [0.2, 0.25) is 0 Å². The van der Waals surface area contributed by atoms with E-state index in [1.54, 1.807) is 0 Å². The highest BCUT2D eigenvalue weighted by Crippen LogP contribution is 2.20. The summed E-state index contributed by atoms with van der Waals surface area (Å²) in [5.74, 6) is 0.753. The lowest BCUT2D eigenvalue weighted by Gasteiger charge is -2.33. The summed E-state index contributed by atoms with van der Waals surface area (Å²) in [4.78, 5) is 16.9. The highest BCUT2D eigenvalue weighted by atomic mass is 35.5. The molecule has 1 amide bonds. The van der Waals surface area contributed by atoms with Gasteiger partial charge in [-0.15, -0.1) is 24.8 Å². The van der Waals surface area contributed by atoms with Crippen molar-refractivity contribution in [3.8, 4) is 0 Å². The Balaban J connectivity index is 0.00000264. The molecule has 1 aliphatic heterocycles. The SMILES string of the molecule is CCCN(C)c1ccc(C(=O)N2CCCC(CNC)C2)cc1.Cl.Cl. The normalized spacial score (nSPS) is 16.8. The standard InChI is InChI=1S/C18H29N3O.2ClH/c1-4-11-20(3)17-9-7-16(8-10-17)18(22)21-12-5-6-15(14-21)13-19-2;;/h7-10,15,19H,4-6,11-14H2,1-3H3;2*1H. The van der Waals surface area contributed by atoms with Gasteiger partial charge in [-0.3, -0.25) is 4.79 Å². The summed E-state index contributed by atoms with van der Waals surface area (Å²) >= 11 is 0. The lowest BCUT2D eigenvalue weighted by atomic mass is 9.97. The van der Waals surface area contributed by atoms with Crippen molar-refractivity contribution in [1.82, 2.24) is 10.2 Å². The third-order valence-corrected chi connectivity index (χ3v) is 4.41. The summed E-state index contributed by atoms with van der Waals surface area (Å²) in [6.07, 6.45) is 3.44. The summed E-state index contributed by atoms with van der Waals surface area (Å²) < 4.78 is 0. The van der Waals surface area contributed by atoms with Crippen molar-refractivity contribution in [1.29, 1.82) is 0 Å². The molecule has 1 aromatic carbocycles. The van der Waals surface area contributed by atoms with E-state index in [1.165, 1.54) is 12.1 Å². The Kier molecular flexibility index (Phi) is 11.1. The summed E-state index contributed by atoms with van der Waals surface area (Å²) in [5.41, 5.74) is 1.98. The van der Waals surface area contributed by atoms with Crippen LogP contribution < -0.4 is 10.2 Å². The molecule has 0 radical (unpaired) electrons. The molecule has 1 aliphatic rings. The maximum Gasteiger partial charge on any atom is 0.253 e. The van der Waals surface area contributed by atoms with Gasteiger partial charge in [0.1, 0.15) is 0 Å². The fourth-order valence-electron chi connectivity index (χ4n) is 3.21. The van der Waals surface area contributed by atoms with Crippen LogP contribution in [0.4, 0.5) is 5.69 Å². The first kappa shape index (κ1) is 23.0. The third-order valence-electron chi connectivity index (χ3n) is 4.41. The maximum absolute atomic E-state index is 12.6. The van der Waals surface area contributed by atoms with E-state index in [2.05, 4.69) is 36.3 Å². The molecule has 1 heterocycles. The number of halogens is 2. The molecule has 0 saturated carbocycles. The molecule has 1 saturated heterocycles. The number of amides is 1. The monoisotopic (exact) mass is 375 g/mol. The Morgan fingerprint density at radius 1 is 1.29 bits per heavy atom. The van der Waals surface area contributed by atoms with Gasteiger partial charge in [0.15, 0.2) is 0 Å². The molecule has 1 unspecified atom stereocenters. The van der Waals surface area contributed by atoms with Crippen LogP contribution in [-0.2, 0) is 0 Å². The fraction of sp³-hybridized carbons (Fsp3) is 0.611. The van der Waals surface area contributed by atoms with Gasteiger partial charge in [-0.25, -0.2) is 0 Å². The Labute approximate surface area is 158 Å². The number of carbonyl (C=O) groups is 1. The molecule has 0 aliphatic carbocycles. The number of anilines is 1. The minimum absolute atomic E-state index is 0. The number of piperidine rings is 1. The van der Waals surface area contributed by atoms with Crippen LogP contribution in [0.3, 0.4) is 0 Å². The zero-order chi connectivity index (χ0) is 15.9. The first-order valence-electron chi connectivity index (χ1n) is 8.40. The van der Waals surface area contributed by atoms with Crippen molar-refractivity contribution in [3.05, 3.63) is 29.8 Å². The van der Waals surface area contributed by atoms with E-state index in [0.717, 1.165) is 44.6 Å². The second kappa shape index (κ2) is 11.6. The highest BCUT2D eigenvalue weighted by Gasteiger charge is 2.24. The van der Waals surface area contributed by atoms with Crippen LogP contribution in [0.25, 0.3) is 0 Å². The number of carbonyl (C=O) groups excluding carboxylic acids is 1. The van der Waals surface area contributed by atoms with E-state index >= 15 is 0 Å². The fourth-order valence-corrected chi connectivity index (χ4v) is 3.21. The molecule has 6 heteroatoms. The number of nitrogens with zero attached hydrogens (tertiary/aromatic N) is 2. The van der Waals surface area contributed by atoms with Crippen LogP contribution in [0.15, 0.2) is 24.3 Å². The summed E-state index contributed by atoms with van der Waals surface area (Å²) in [5, 5.41) is 3.23. The molecule has 1 N–H and O–H groups in total. The molecule has 2 rings (SSSR count). The Morgan fingerprint density at radius 2 is 1.96 bits per heavy atom. The molecule has 138 valence electrons. The molecule has 4 nitrogen and oxygen atoms in total. The van der Waals surface area contributed by atoms with Crippen LogP contribution in [0.5, 0.6) is 0 Å². The second-order valence-corrected chi connectivity index (χ2v) is 6.29. The molecular formula is C18H31Cl2N3O. The van der Waals surface area contributed by atoms with E-state index in [4.69, 9.17) is 0 Å². The Morgan fingerprint density at radius 3 is 2.54 bits per heavy atom. The third kappa shape index (κ3) is 6.15. The predicted octanol–water partition coefficient (Wildman–Crippen LogP) is 3.45. The van der Waals surface area contributed by atoms with E-state index in [1.807, 2.05) is 24.1 Å². The van der Waals surface area contributed by atoms with E-state index in [9.17, 15) is 4.79 Å². The Bertz CT molecular complexity index is 480. The number of nitrogens with one attached hydrogen (secondary N) is 1. The molecule has 24 heavy (non-hydrogen) atoms. The molecule has 1 aromatic rings. The van der Waals surface area contributed by atoms with Gasteiger partial charge < -0.3 is 15.1 Å². The van der Waals surface area contributed by atoms with Crippen molar-refractivity contribution in [3.63, 3.8) is 0 Å². The lowest BCUT2D eigenvalue weighted by molar-refractivity contribution is 0.0674. The van der Waals surface area contributed by atoms with Crippen molar-refractivity contribution >= 4 is 36.4 Å². The van der Waals surface area contributed by atoms with Gasteiger partial charge in [-0.05, 0) is 63.0 Å². The number of hydrogen-bond acceptors (Lipinski definition) is 3. The van der Waals surface area contributed by atoms with Crippen molar-refractivity contribution in [2.24, 2.45) is 5.92 Å². The topological polar surface area (TPSA) is 35.6 Å². The van der Waals surface area contributed by atoms with Crippen molar-refractivity contribution in [2.45, 2.75) is 26.2 Å². The first-order chi connectivity index (χ1) is 10.7. The van der Waals surface area contributed by atoms with Gasteiger partial charge >= 0.3 is 0 Å². The quantitative estimate of drug-likeness (QED) is 0.826. The Hall–Kier alpha value is -0.970. The zero-order valence-corrected chi connectivity index (χ0v) is 16.6. The molecule has 1 fully saturated rings. The van der Waals surface area contributed by atoms with Crippen LogP contribution in [0, 0.1) is 5.92 Å². The zero-order valence-electron chi connectivity index (χ0n) is 15.0. The predicted molar refractivity (Wildman–Crippen MR) is 107 cm³/mol. The number of likely N-dealkylation sites (tertiary alicyclic amines) is 1. The van der Waals surface area contributed by atoms with Gasteiger partial charge in [0.05, 0.1) is 0 Å². The van der Waals surface area contributed by atoms with E-state index < -0.39 is 0 Å². The van der Waals surface area contributed by atoms with Crippen molar-refractivity contribution < 1.29 is 4.79 Å². The summed E-state index contributed by atoms with van der Waals surface area (Å²) in [6, 6.07) is 8.03. The summed E-state index contributed by atoms with van der Waals surface area (Å²) in [7, 11) is 4.07. The summed E-state index contributed by atoms with van der Waals surface area (Å²) in [6.45, 7) is 5.95. The van der Waals surface area contributed by atoms with Gasteiger partial charge in [-0.1, -0.05) is 6.92 Å². The maximum atomic E-state index is 12.6. The van der Waals surface area contributed by atoms with Crippen molar-refractivity contribution in [2.75, 3.05) is 45.2 Å². The van der Waals surface area contributed by atoms with E-state index in [0.29, 0.717) is 5.92 Å². The number of hydrogen-bond donors (Lipinski definition) is 1. The minimum atomic E-state index is 0. The highest BCUT2D eigenvalue weighted by molar-refractivity contribution is 5.94. The number of benzene rings is 1. The molecule has 0 bridgehead atoms. The largest absolute Gasteiger partial charge is 0.375 e. The van der Waals surface area contributed by atoms with Crippen LogP contribution in [0.2, 0.25) is 0 Å². The van der Waals surface area contributed by atoms with Crippen LogP contribution >= 0.6 is 24.8 Å². The minimum Gasteiger partial charge on any atom is -0.375 e. The average molecular weight is 376 g/mol. The molecule has 0 spiro atoms. The lowest BCUT2D eigenvalue weighted by Crippen LogP contribution is -2.42. The van der Waals surface area contributed by atoms with Gasteiger partial charge in [0, 0.05) is 37.9 Å². The van der Waals surface area contributed by atoms with Gasteiger partial charge in [-0.2, -0.15) is 0 Å². The second-order valence-electron chi connectivity index (χ2n) is 6.29. The van der Waals surface area contributed by atoms with Gasteiger partial charge in [0.25, 0.3) is 5.91 Å². The van der Waals surface area contributed by atoms with Crippen LogP contribution in [0.1, 0.15) is 36.5 Å². The van der Waals surface area contributed by atoms with E-state index in [-0.39, 0.29) is 30.7 Å². The average Bonchev–Trinajstić information content (AvgIpc) is 2.55.